The number of esters is 1. The van der Waals surface area contributed by atoms with E-state index in [1.54, 1.807) is 18.2 Å². The van der Waals surface area contributed by atoms with Crippen LogP contribution in [0.4, 0.5) is 5.69 Å². The van der Waals surface area contributed by atoms with Gasteiger partial charge < -0.3 is 10.1 Å². The Hall–Kier alpha value is -1.26. The number of anilines is 1. The standard InChI is InChI=1S/C14H15Cl2NO3/c1-7-3-12(7)14(19)20-8(2)13(18)17-11-5-9(15)4-10(16)6-11/h4-8,12H,3H2,1-2H3,(H,17,18)/t7-,8+,12-/m1/s1. The predicted octanol–water partition coefficient (Wildman–Crippen LogP) is 3.52. The fourth-order valence-electron chi connectivity index (χ4n) is 1.84. The third-order valence-corrected chi connectivity index (χ3v) is 3.64. The molecule has 0 aromatic heterocycles. The lowest BCUT2D eigenvalue weighted by Crippen LogP contribution is -2.30. The zero-order chi connectivity index (χ0) is 14.9. The van der Waals surface area contributed by atoms with Crippen molar-refractivity contribution in [2.45, 2.75) is 26.4 Å². The second kappa shape index (κ2) is 6.02. The maximum atomic E-state index is 11.9. The molecule has 20 heavy (non-hydrogen) atoms. The minimum atomic E-state index is -0.854. The summed E-state index contributed by atoms with van der Waals surface area (Å²) in [5.41, 5.74) is 0.468. The van der Waals surface area contributed by atoms with Crippen LogP contribution in [0.1, 0.15) is 20.3 Å². The lowest BCUT2D eigenvalue weighted by Gasteiger charge is -2.13. The molecule has 0 aliphatic heterocycles. The molecule has 6 heteroatoms. The Morgan fingerprint density at radius 1 is 1.30 bits per heavy atom. The fraction of sp³-hybridized carbons (Fsp3) is 0.429. The average molecular weight is 316 g/mol. The van der Waals surface area contributed by atoms with E-state index in [1.807, 2.05) is 6.92 Å². The van der Waals surface area contributed by atoms with Gasteiger partial charge in [-0.25, -0.2) is 0 Å². The minimum absolute atomic E-state index is 0.0640. The molecule has 2 rings (SSSR count). The van der Waals surface area contributed by atoms with E-state index in [0.717, 1.165) is 6.42 Å². The van der Waals surface area contributed by atoms with Crippen molar-refractivity contribution in [2.75, 3.05) is 5.32 Å². The number of halogens is 2. The number of ether oxygens (including phenoxy) is 1. The van der Waals surface area contributed by atoms with Crippen LogP contribution in [0.3, 0.4) is 0 Å². The van der Waals surface area contributed by atoms with Crippen molar-refractivity contribution in [3.8, 4) is 0 Å². The van der Waals surface area contributed by atoms with Gasteiger partial charge in [-0.05, 0) is 37.5 Å². The van der Waals surface area contributed by atoms with Crippen LogP contribution in [0.5, 0.6) is 0 Å². The molecule has 1 aliphatic carbocycles. The molecule has 1 fully saturated rings. The van der Waals surface area contributed by atoms with E-state index >= 15 is 0 Å². The highest BCUT2D eigenvalue weighted by Gasteiger charge is 2.41. The molecule has 1 saturated carbocycles. The second-order valence-corrected chi connectivity index (χ2v) is 5.92. The molecule has 1 amide bonds. The van der Waals surface area contributed by atoms with Crippen LogP contribution in [0.2, 0.25) is 10.0 Å². The number of carbonyl (C=O) groups excluding carboxylic acids is 2. The Morgan fingerprint density at radius 3 is 2.35 bits per heavy atom. The van der Waals surface area contributed by atoms with E-state index in [-0.39, 0.29) is 11.9 Å². The molecule has 4 nitrogen and oxygen atoms in total. The first-order valence-electron chi connectivity index (χ1n) is 6.34. The summed E-state index contributed by atoms with van der Waals surface area (Å²) in [6, 6.07) is 4.71. The van der Waals surface area contributed by atoms with Gasteiger partial charge in [0.2, 0.25) is 0 Å². The van der Waals surface area contributed by atoms with Crippen molar-refractivity contribution in [3.05, 3.63) is 28.2 Å². The minimum Gasteiger partial charge on any atom is -0.452 e. The number of rotatable bonds is 4. The summed E-state index contributed by atoms with van der Waals surface area (Å²) in [5.74, 6) is -0.440. The molecule has 0 radical (unpaired) electrons. The van der Waals surface area contributed by atoms with Gasteiger partial charge in [-0.15, -0.1) is 0 Å². The van der Waals surface area contributed by atoms with Crippen LogP contribution >= 0.6 is 23.2 Å². The largest absolute Gasteiger partial charge is 0.452 e. The first-order chi connectivity index (χ1) is 9.36. The smallest absolute Gasteiger partial charge is 0.309 e. The molecule has 0 unspecified atom stereocenters. The van der Waals surface area contributed by atoms with E-state index in [4.69, 9.17) is 27.9 Å². The third-order valence-electron chi connectivity index (χ3n) is 3.20. The van der Waals surface area contributed by atoms with Crippen molar-refractivity contribution in [2.24, 2.45) is 11.8 Å². The lowest BCUT2D eigenvalue weighted by molar-refractivity contribution is -0.154. The maximum absolute atomic E-state index is 11.9. The zero-order valence-corrected chi connectivity index (χ0v) is 12.7. The normalized spacial score (nSPS) is 22.0. The molecule has 1 aromatic rings. The summed E-state index contributed by atoms with van der Waals surface area (Å²) < 4.78 is 5.12. The molecule has 0 spiro atoms. The molecule has 1 N–H and O–H groups in total. The van der Waals surface area contributed by atoms with E-state index in [1.165, 1.54) is 6.92 Å². The van der Waals surface area contributed by atoms with E-state index in [9.17, 15) is 9.59 Å². The third kappa shape index (κ3) is 3.87. The Bertz CT molecular complexity index is 527. The molecular formula is C14H15Cl2NO3. The van der Waals surface area contributed by atoms with Gasteiger partial charge in [0.05, 0.1) is 5.92 Å². The fourth-order valence-corrected chi connectivity index (χ4v) is 2.36. The summed E-state index contributed by atoms with van der Waals surface area (Å²) in [7, 11) is 0. The van der Waals surface area contributed by atoms with Gasteiger partial charge in [-0.3, -0.25) is 9.59 Å². The van der Waals surface area contributed by atoms with Crippen LogP contribution < -0.4 is 5.32 Å². The molecule has 108 valence electrons. The number of benzene rings is 1. The first-order valence-corrected chi connectivity index (χ1v) is 7.10. The predicted molar refractivity (Wildman–Crippen MR) is 77.9 cm³/mol. The Balaban J connectivity index is 1.91. The van der Waals surface area contributed by atoms with Crippen LogP contribution in [0.15, 0.2) is 18.2 Å². The number of amides is 1. The van der Waals surface area contributed by atoms with Crippen molar-refractivity contribution < 1.29 is 14.3 Å². The molecule has 0 bridgehead atoms. The summed E-state index contributed by atoms with van der Waals surface area (Å²) in [6.45, 7) is 3.51. The van der Waals surface area contributed by atoms with Crippen LogP contribution in [0.25, 0.3) is 0 Å². The maximum Gasteiger partial charge on any atom is 0.309 e. The highest BCUT2D eigenvalue weighted by molar-refractivity contribution is 6.35. The highest BCUT2D eigenvalue weighted by atomic mass is 35.5. The van der Waals surface area contributed by atoms with Gasteiger partial charge in [-0.2, -0.15) is 0 Å². The number of nitrogens with one attached hydrogen (secondary N) is 1. The molecule has 0 saturated heterocycles. The number of carbonyl (C=O) groups is 2. The first kappa shape index (κ1) is 15.1. The molecule has 1 aliphatic rings. The molecule has 3 atom stereocenters. The van der Waals surface area contributed by atoms with Gasteiger partial charge in [0.25, 0.3) is 5.91 Å². The summed E-state index contributed by atoms with van der Waals surface area (Å²) in [6.07, 6.45) is -0.0232. The molecule has 0 heterocycles. The Kier molecular flexibility index (Phi) is 4.55. The highest BCUT2D eigenvalue weighted by Crippen LogP contribution is 2.38. The quantitative estimate of drug-likeness (QED) is 0.865. The average Bonchev–Trinajstić information content (AvgIpc) is 3.04. The van der Waals surface area contributed by atoms with E-state index in [2.05, 4.69) is 5.32 Å². The van der Waals surface area contributed by atoms with Crippen LogP contribution in [-0.2, 0) is 14.3 Å². The zero-order valence-electron chi connectivity index (χ0n) is 11.2. The Labute approximate surface area is 127 Å². The van der Waals surface area contributed by atoms with Crippen molar-refractivity contribution in [1.82, 2.24) is 0 Å². The lowest BCUT2D eigenvalue weighted by atomic mass is 10.3. The monoisotopic (exact) mass is 315 g/mol. The SMILES string of the molecule is C[C@H](OC(=O)[C@@H]1C[C@H]1C)C(=O)Nc1cc(Cl)cc(Cl)c1. The second-order valence-electron chi connectivity index (χ2n) is 5.05. The summed E-state index contributed by atoms with van der Waals surface area (Å²) >= 11 is 11.7. The number of hydrogen-bond acceptors (Lipinski definition) is 3. The van der Waals surface area contributed by atoms with E-state index < -0.39 is 12.0 Å². The van der Waals surface area contributed by atoms with Crippen molar-refractivity contribution in [3.63, 3.8) is 0 Å². The van der Waals surface area contributed by atoms with E-state index in [0.29, 0.717) is 21.7 Å². The van der Waals surface area contributed by atoms with Crippen LogP contribution in [0, 0.1) is 11.8 Å². The number of hydrogen-bond donors (Lipinski definition) is 1. The molecular weight excluding hydrogens is 301 g/mol. The summed E-state index contributed by atoms with van der Waals surface area (Å²) in [4.78, 5) is 23.6. The van der Waals surface area contributed by atoms with Gasteiger partial charge in [-0.1, -0.05) is 30.1 Å². The van der Waals surface area contributed by atoms with Crippen molar-refractivity contribution in [1.29, 1.82) is 0 Å². The van der Waals surface area contributed by atoms with Gasteiger partial charge in [0.15, 0.2) is 6.10 Å². The van der Waals surface area contributed by atoms with Gasteiger partial charge in [0, 0.05) is 15.7 Å². The topological polar surface area (TPSA) is 55.4 Å². The van der Waals surface area contributed by atoms with Gasteiger partial charge >= 0.3 is 5.97 Å². The van der Waals surface area contributed by atoms with Gasteiger partial charge in [0.1, 0.15) is 0 Å². The van der Waals surface area contributed by atoms with Crippen LogP contribution in [-0.4, -0.2) is 18.0 Å². The molecule has 1 aromatic carbocycles. The Morgan fingerprint density at radius 2 is 1.85 bits per heavy atom. The summed E-state index contributed by atoms with van der Waals surface area (Å²) in [5, 5.41) is 3.46. The van der Waals surface area contributed by atoms with Crippen molar-refractivity contribution >= 4 is 40.8 Å².